The van der Waals surface area contributed by atoms with Crippen molar-refractivity contribution < 1.29 is 29.3 Å². The van der Waals surface area contributed by atoms with Crippen molar-refractivity contribution in [3.8, 4) is 0 Å². The Hall–Kier alpha value is -1.40. The van der Waals surface area contributed by atoms with Crippen molar-refractivity contribution in [1.29, 1.82) is 0 Å². The topological polar surface area (TPSA) is 93.1 Å². The van der Waals surface area contributed by atoms with Gasteiger partial charge in [-0.05, 0) is 18.9 Å². The summed E-state index contributed by atoms with van der Waals surface area (Å²) in [7, 11) is 0. The van der Waals surface area contributed by atoms with Gasteiger partial charge in [0.05, 0.1) is 0 Å². The van der Waals surface area contributed by atoms with E-state index in [9.17, 15) is 19.8 Å². The lowest BCUT2D eigenvalue weighted by atomic mass is 9.86. The van der Waals surface area contributed by atoms with Gasteiger partial charge in [-0.2, -0.15) is 0 Å². The van der Waals surface area contributed by atoms with E-state index in [1.807, 2.05) is 0 Å². The third-order valence-electron chi connectivity index (χ3n) is 5.83. The van der Waals surface area contributed by atoms with Crippen LogP contribution in [0.15, 0.2) is 12.2 Å². The number of aliphatic hydroxyl groups excluding tert-OH is 1. The van der Waals surface area contributed by atoms with Gasteiger partial charge >= 0.3 is 11.9 Å². The van der Waals surface area contributed by atoms with Crippen molar-refractivity contribution >= 4 is 11.9 Å². The summed E-state index contributed by atoms with van der Waals surface area (Å²) >= 11 is 0. The molecule has 6 nitrogen and oxygen atoms in total. The highest BCUT2D eigenvalue weighted by Crippen LogP contribution is 2.35. The van der Waals surface area contributed by atoms with E-state index in [1.54, 1.807) is 0 Å². The molecule has 0 heterocycles. The number of unbranched alkanes of at least 4 members (excludes halogenated alkanes) is 11. The Morgan fingerprint density at radius 2 is 1.37 bits per heavy atom. The molecule has 0 bridgehead atoms. The summed E-state index contributed by atoms with van der Waals surface area (Å²) in [5.74, 6) is -1.10. The maximum atomic E-state index is 11.6. The van der Waals surface area contributed by atoms with Crippen molar-refractivity contribution in [3.05, 3.63) is 12.2 Å². The SMILES string of the molecule is CCCCCCCCCCCCCCC(OC(C)=O)[C@@]1(O)C(O)C=C[C@@H]1OC(C)=O. The number of esters is 2. The molecule has 0 aromatic carbocycles. The van der Waals surface area contributed by atoms with Gasteiger partial charge in [-0.1, -0.05) is 83.6 Å². The fourth-order valence-electron chi connectivity index (χ4n) is 4.12. The molecule has 4 atom stereocenters. The normalized spacial score (nSPS) is 24.0. The minimum Gasteiger partial charge on any atom is -0.459 e. The Bertz CT molecular complexity index is 532. The molecular formula is C24H42O6. The number of rotatable bonds is 16. The smallest absolute Gasteiger partial charge is 0.303 e. The molecule has 2 N–H and O–H groups in total. The molecule has 0 amide bonds. The van der Waals surface area contributed by atoms with Crippen molar-refractivity contribution in [2.24, 2.45) is 0 Å². The van der Waals surface area contributed by atoms with Gasteiger partial charge in [-0.15, -0.1) is 0 Å². The number of hydrogen-bond donors (Lipinski definition) is 2. The van der Waals surface area contributed by atoms with Gasteiger partial charge < -0.3 is 19.7 Å². The molecule has 0 radical (unpaired) electrons. The van der Waals surface area contributed by atoms with Crippen LogP contribution in [0.4, 0.5) is 0 Å². The molecule has 2 unspecified atom stereocenters. The van der Waals surface area contributed by atoms with Gasteiger partial charge in [-0.25, -0.2) is 0 Å². The molecule has 0 fully saturated rings. The Kier molecular flexibility index (Phi) is 12.9. The van der Waals surface area contributed by atoms with Crippen LogP contribution in [0.3, 0.4) is 0 Å². The van der Waals surface area contributed by atoms with Gasteiger partial charge in [0.25, 0.3) is 0 Å². The van der Waals surface area contributed by atoms with E-state index in [1.165, 1.54) is 83.8 Å². The van der Waals surface area contributed by atoms with Crippen LogP contribution in [0.25, 0.3) is 0 Å². The van der Waals surface area contributed by atoms with Crippen LogP contribution in [-0.4, -0.2) is 46.1 Å². The van der Waals surface area contributed by atoms with E-state index in [4.69, 9.17) is 9.47 Å². The second kappa shape index (κ2) is 14.6. The Morgan fingerprint density at radius 3 is 1.83 bits per heavy atom. The zero-order valence-electron chi connectivity index (χ0n) is 19.1. The number of carbonyl (C=O) groups is 2. The van der Waals surface area contributed by atoms with E-state index < -0.39 is 35.9 Å². The first kappa shape index (κ1) is 26.6. The largest absolute Gasteiger partial charge is 0.459 e. The molecule has 30 heavy (non-hydrogen) atoms. The summed E-state index contributed by atoms with van der Waals surface area (Å²) in [5.41, 5.74) is -1.85. The van der Waals surface area contributed by atoms with Crippen LogP contribution in [0, 0.1) is 0 Å². The minimum absolute atomic E-state index is 0.407. The fraction of sp³-hybridized carbons (Fsp3) is 0.833. The zero-order chi connectivity index (χ0) is 22.4. The molecule has 6 heteroatoms. The molecule has 0 aliphatic heterocycles. The van der Waals surface area contributed by atoms with Gasteiger partial charge in [0, 0.05) is 13.8 Å². The summed E-state index contributed by atoms with van der Waals surface area (Å²) in [6.45, 7) is 4.75. The summed E-state index contributed by atoms with van der Waals surface area (Å²) < 4.78 is 10.5. The molecule has 174 valence electrons. The summed E-state index contributed by atoms with van der Waals surface area (Å²) in [6.07, 6.45) is 14.5. The second-order valence-corrected chi connectivity index (χ2v) is 8.52. The average molecular weight is 427 g/mol. The number of ether oxygens (including phenoxy) is 2. The van der Waals surface area contributed by atoms with Crippen LogP contribution < -0.4 is 0 Å². The average Bonchev–Trinajstić information content (AvgIpc) is 2.96. The fourth-order valence-corrected chi connectivity index (χ4v) is 4.12. The van der Waals surface area contributed by atoms with E-state index in [2.05, 4.69) is 6.92 Å². The lowest BCUT2D eigenvalue weighted by Crippen LogP contribution is -2.58. The maximum absolute atomic E-state index is 11.6. The van der Waals surface area contributed by atoms with Crippen molar-refractivity contribution in [1.82, 2.24) is 0 Å². The van der Waals surface area contributed by atoms with E-state index in [0.29, 0.717) is 6.42 Å². The highest BCUT2D eigenvalue weighted by atomic mass is 16.6. The predicted octanol–water partition coefficient (Wildman–Crippen LogP) is 4.60. The van der Waals surface area contributed by atoms with Gasteiger partial charge in [-0.3, -0.25) is 9.59 Å². The standard InChI is InChI=1S/C24H42O6/c1-4-5-6-7-8-9-10-11-12-13-14-15-16-22(29-19(2)25)24(28)21(27)17-18-23(24)30-20(3)26/h17-18,21-23,27-28H,4-16H2,1-3H3/t21?,22?,23-,24-/m0/s1. The summed E-state index contributed by atoms with van der Waals surface area (Å²) in [4.78, 5) is 22.9. The van der Waals surface area contributed by atoms with Crippen LogP contribution in [0.1, 0.15) is 104 Å². The van der Waals surface area contributed by atoms with Crippen molar-refractivity contribution in [3.63, 3.8) is 0 Å². The lowest BCUT2D eigenvalue weighted by molar-refractivity contribution is -0.202. The first-order valence-electron chi connectivity index (χ1n) is 11.8. The van der Waals surface area contributed by atoms with Crippen LogP contribution in [-0.2, 0) is 19.1 Å². The highest BCUT2D eigenvalue weighted by molar-refractivity contribution is 5.67. The highest BCUT2D eigenvalue weighted by Gasteiger charge is 2.54. The number of carbonyl (C=O) groups excluding carboxylic acids is 2. The molecule has 1 aliphatic carbocycles. The third kappa shape index (κ3) is 9.17. The van der Waals surface area contributed by atoms with Crippen molar-refractivity contribution in [2.45, 2.75) is 128 Å². The monoisotopic (exact) mass is 426 g/mol. The Labute approximate surface area is 182 Å². The Morgan fingerprint density at radius 1 is 0.867 bits per heavy atom. The quantitative estimate of drug-likeness (QED) is 0.213. The molecule has 0 spiro atoms. The maximum Gasteiger partial charge on any atom is 0.303 e. The molecule has 1 aliphatic rings. The Balaban J connectivity index is 2.35. The molecule has 0 aromatic heterocycles. The number of aliphatic hydroxyl groups is 2. The summed E-state index contributed by atoms with van der Waals surface area (Å²) in [6, 6.07) is 0. The molecule has 1 rings (SSSR count). The third-order valence-corrected chi connectivity index (χ3v) is 5.83. The van der Waals surface area contributed by atoms with Gasteiger partial charge in [0.2, 0.25) is 0 Å². The number of hydrogen-bond acceptors (Lipinski definition) is 6. The zero-order valence-corrected chi connectivity index (χ0v) is 19.1. The van der Waals surface area contributed by atoms with Crippen molar-refractivity contribution in [2.75, 3.05) is 0 Å². The molecule has 0 saturated heterocycles. The predicted molar refractivity (Wildman–Crippen MR) is 117 cm³/mol. The summed E-state index contributed by atoms with van der Waals surface area (Å²) in [5, 5.41) is 21.4. The first-order chi connectivity index (χ1) is 14.3. The second-order valence-electron chi connectivity index (χ2n) is 8.52. The van der Waals surface area contributed by atoms with E-state index >= 15 is 0 Å². The van der Waals surface area contributed by atoms with Gasteiger partial charge in [0.15, 0.2) is 11.7 Å². The van der Waals surface area contributed by atoms with Crippen LogP contribution in [0.2, 0.25) is 0 Å². The minimum atomic E-state index is -1.85. The first-order valence-corrected chi connectivity index (χ1v) is 11.8. The van der Waals surface area contributed by atoms with Gasteiger partial charge in [0.1, 0.15) is 12.2 Å². The van der Waals surface area contributed by atoms with Crippen LogP contribution in [0.5, 0.6) is 0 Å². The van der Waals surface area contributed by atoms with Crippen LogP contribution >= 0.6 is 0 Å². The van der Waals surface area contributed by atoms with E-state index in [-0.39, 0.29) is 0 Å². The molecule has 0 saturated carbocycles. The van der Waals surface area contributed by atoms with E-state index in [0.717, 1.165) is 19.3 Å². The lowest BCUT2D eigenvalue weighted by Gasteiger charge is -2.38. The molecule has 0 aromatic rings. The molecular weight excluding hydrogens is 384 g/mol.